The zero-order chi connectivity index (χ0) is 12.5. The molecule has 3 heterocycles. The first-order valence-corrected chi connectivity index (χ1v) is 6.39. The first-order valence-electron chi connectivity index (χ1n) is 6.39. The van der Waals surface area contributed by atoms with Crippen LogP contribution in [0.5, 0.6) is 5.75 Å². The van der Waals surface area contributed by atoms with Crippen LogP contribution in [-0.2, 0) is 4.74 Å². The molecular weight excluding hydrogens is 230 g/mol. The fourth-order valence-electron chi connectivity index (χ4n) is 3.04. The van der Waals surface area contributed by atoms with Gasteiger partial charge in [0.05, 0.1) is 20.3 Å². The summed E-state index contributed by atoms with van der Waals surface area (Å²) in [7, 11) is 1.68. The minimum absolute atomic E-state index is 0.449. The van der Waals surface area contributed by atoms with Gasteiger partial charge in [-0.3, -0.25) is 0 Å². The maximum absolute atomic E-state index is 5.70. The van der Waals surface area contributed by atoms with Gasteiger partial charge in [0.2, 0.25) is 0 Å². The second kappa shape index (κ2) is 4.74. The molecule has 2 bridgehead atoms. The molecule has 5 heteroatoms. The van der Waals surface area contributed by atoms with E-state index >= 15 is 0 Å². The van der Waals surface area contributed by atoms with Crippen LogP contribution in [0, 0.1) is 0 Å². The predicted molar refractivity (Wildman–Crippen MR) is 68.7 cm³/mol. The van der Waals surface area contributed by atoms with Crippen LogP contribution in [-0.4, -0.2) is 37.4 Å². The van der Waals surface area contributed by atoms with Crippen LogP contribution in [0.2, 0.25) is 0 Å². The Morgan fingerprint density at radius 2 is 2.11 bits per heavy atom. The van der Waals surface area contributed by atoms with Gasteiger partial charge >= 0.3 is 0 Å². The van der Waals surface area contributed by atoms with Gasteiger partial charge in [0, 0.05) is 29.9 Å². The molecule has 1 aromatic rings. The van der Waals surface area contributed by atoms with E-state index in [4.69, 9.17) is 15.2 Å². The van der Waals surface area contributed by atoms with Crippen molar-refractivity contribution in [2.75, 3.05) is 26.1 Å². The lowest BCUT2D eigenvalue weighted by Crippen LogP contribution is -2.53. The number of anilines is 1. The summed E-state index contributed by atoms with van der Waals surface area (Å²) in [5, 5.41) is 3.59. The highest BCUT2D eigenvalue weighted by atomic mass is 16.5. The third-order valence-corrected chi connectivity index (χ3v) is 3.82. The summed E-state index contributed by atoms with van der Waals surface area (Å²) in [4.78, 5) is 4.20. The van der Waals surface area contributed by atoms with Crippen molar-refractivity contribution in [3.05, 3.63) is 17.8 Å². The number of methoxy groups -OCH3 is 1. The van der Waals surface area contributed by atoms with Gasteiger partial charge in [-0.2, -0.15) is 0 Å². The Morgan fingerprint density at radius 3 is 2.78 bits per heavy atom. The van der Waals surface area contributed by atoms with E-state index in [1.165, 1.54) is 5.56 Å². The molecule has 0 amide bonds. The molecule has 5 nitrogen and oxygen atoms in total. The highest BCUT2D eigenvalue weighted by Gasteiger charge is 2.33. The summed E-state index contributed by atoms with van der Waals surface area (Å²) in [6.45, 7) is 1.61. The molecule has 2 aliphatic heterocycles. The lowest BCUT2D eigenvalue weighted by molar-refractivity contribution is 0.0178. The van der Waals surface area contributed by atoms with Gasteiger partial charge in [0.1, 0.15) is 11.6 Å². The van der Waals surface area contributed by atoms with Crippen molar-refractivity contribution in [2.45, 2.75) is 30.8 Å². The molecule has 2 saturated heterocycles. The maximum Gasteiger partial charge on any atom is 0.127 e. The lowest BCUT2D eigenvalue weighted by Gasteiger charge is -2.40. The van der Waals surface area contributed by atoms with Gasteiger partial charge in [-0.1, -0.05) is 0 Å². The van der Waals surface area contributed by atoms with Gasteiger partial charge in [-0.25, -0.2) is 4.98 Å². The Morgan fingerprint density at radius 1 is 1.39 bits per heavy atom. The third kappa shape index (κ3) is 2.15. The highest BCUT2D eigenvalue weighted by molar-refractivity contribution is 5.43. The molecule has 2 atom stereocenters. The van der Waals surface area contributed by atoms with E-state index in [2.05, 4.69) is 10.3 Å². The van der Waals surface area contributed by atoms with Crippen LogP contribution in [0.15, 0.2) is 12.3 Å². The Hall–Kier alpha value is -1.33. The minimum Gasteiger partial charge on any atom is -0.496 e. The van der Waals surface area contributed by atoms with Crippen molar-refractivity contribution in [1.29, 1.82) is 0 Å². The molecule has 1 aromatic heterocycles. The van der Waals surface area contributed by atoms with E-state index in [1.54, 1.807) is 7.11 Å². The van der Waals surface area contributed by atoms with Crippen molar-refractivity contribution < 1.29 is 9.47 Å². The number of fused-ring (bicyclic) bond motifs is 2. The molecule has 18 heavy (non-hydrogen) atoms. The molecule has 2 aliphatic rings. The molecule has 2 fully saturated rings. The van der Waals surface area contributed by atoms with Crippen molar-refractivity contribution in [1.82, 2.24) is 10.3 Å². The van der Waals surface area contributed by atoms with Crippen LogP contribution >= 0.6 is 0 Å². The van der Waals surface area contributed by atoms with Crippen LogP contribution in [0.3, 0.4) is 0 Å². The smallest absolute Gasteiger partial charge is 0.127 e. The molecular formula is C13H19N3O2. The summed E-state index contributed by atoms with van der Waals surface area (Å²) < 4.78 is 11.0. The average molecular weight is 249 g/mol. The lowest BCUT2D eigenvalue weighted by atomic mass is 9.82. The van der Waals surface area contributed by atoms with E-state index in [0.717, 1.165) is 31.8 Å². The number of nitrogens with zero attached hydrogens (tertiary/aromatic N) is 1. The summed E-state index contributed by atoms with van der Waals surface area (Å²) in [6, 6.07) is 2.71. The number of aromatic nitrogens is 1. The second-order valence-corrected chi connectivity index (χ2v) is 5.12. The van der Waals surface area contributed by atoms with Gasteiger partial charge in [-0.15, -0.1) is 0 Å². The first kappa shape index (κ1) is 11.7. The maximum atomic E-state index is 5.70. The first-order chi connectivity index (χ1) is 8.76. The number of hydrogen-bond donors (Lipinski definition) is 2. The van der Waals surface area contributed by atoms with Crippen LogP contribution in [0.25, 0.3) is 0 Å². The standard InChI is InChI=1S/C13H19N3O2/c1-17-12-4-13(14)15-5-11(12)8-2-9-6-18-7-10(3-8)16-9/h4-5,8-10,16H,2-3,6-7H2,1H3,(H2,14,15). The number of piperidine rings is 1. The van der Waals surface area contributed by atoms with Crippen molar-refractivity contribution in [2.24, 2.45) is 0 Å². The van der Waals surface area contributed by atoms with Crippen LogP contribution in [0.4, 0.5) is 5.82 Å². The topological polar surface area (TPSA) is 69.4 Å². The Labute approximate surface area is 107 Å². The number of ether oxygens (including phenoxy) is 2. The number of nitrogen functional groups attached to an aromatic ring is 1. The molecule has 0 saturated carbocycles. The summed E-state index contributed by atoms with van der Waals surface area (Å²) in [5.74, 6) is 1.84. The van der Waals surface area contributed by atoms with Crippen LogP contribution < -0.4 is 15.8 Å². The molecule has 0 spiro atoms. The van der Waals surface area contributed by atoms with Gasteiger partial charge in [0.15, 0.2) is 0 Å². The Kier molecular flexibility index (Phi) is 3.09. The largest absolute Gasteiger partial charge is 0.496 e. The SMILES string of the molecule is COc1cc(N)ncc1C1CC2COCC(C1)N2. The number of nitrogens with one attached hydrogen (secondary N) is 1. The van der Waals surface area contributed by atoms with Gasteiger partial charge in [-0.05, 0) is 18.8 Å². The van der Waals surface area contributed by atoms with E-state index in [-0.39, 0.29) is 0 Å². The molecule has 0 aromatic carbocycles. The van der Waals surface area contributed by atoms with Crippen molar-refractivity contribution in [3.8, 4) is 5.75 Å². The molecule has 2 unspecified atom stereocenters. The summed E-state index contributed by atoms with van der Waals surface area (Å²) in [5.41, 5.74) is 6.87. The van der Waals surface area contributed by atoms with Crippen LogP contribution in [0.1, 0.15) is 24.3 Å². The van der Waals surface area contributed by atoms with Gasteiger partial charge in [0.25, 0.3) is 0 Å². The number of hydrogen-bond acceptors (Lipinski definition) is 5. The normalized spacial score (nSPS) is 31.1. The molecule has 0 aliphatic carbocycles. The minimum atomic E-state index is 0.449. The van der Waals surface area contributed by atoms with Crippen molar-refractivity contribution in [3.63, 3.8) is 0 Å². The zero-order valence-electron chi connectivity index (χ0n) is 10.6. The monoisotopic (exact) mass is 249 g/mol. The number of morpholine rings is 1. The van der Waals surface area contributed by atoms with E-state index < -0.39 is 0 Å². The van der Waals surface area contributed by atoms with E-state index in [0.29, 0.717) is 23.8 Å². The number of pyridine rings is 1. The number of rotatable bonds is 2. The molecule has 0 radical (unpaired) electrons. The molecule has 3 rings (SSSR count). The van der Waals surface area contributed by atoms with Gasteiger partial charge < -0.3 is 20.5 Å². The van der Waals surface area contributed by atoms with Crippen molar-refractivity contribution >= 4 is 5.82 Å². The quantitative estimate of drug-likeness (QED) is 0.815. The van der Waals surface area contributed by atoms with E-state index in [1.807, 2.05) is 12.3 Å². The molecule has 98 valence electrons. The summed E-state index contributed by atoms with van der Waals surface area (Å²) in [6.07, 6.45) is 4.00. The summed E-state index contributed by atoms with van der Waals surface area (Å²) >= 11 is 0. The average Bonchev–Trinajstić information content (AvgIpc) is 2.38. The predicted octanol–water partition coefficient (Wildman–Crippen LogP) is 0.907. The highest BCUT2D eigenvalue weighted by Crippen LogP contribution is 2.37. The number of nitrogens with two attached hydrogens (primary N) is 1. The fourth-order valence-corrected chi connectivity index (χ4v) is 3.04. The molecule has 3 N–H and O–H groups in total. The third-order valence-electron chi connectivity index (χ3n) is 3.82. The van der Waals surface area contributed by atoms with E-state index in [9.17, 15) is 0 Å². The second-order valence-electron chi connectivity index (χ2n) is 5.12. The fraction of sp³-hybridized carbons (Fsp3) is 0.615. The Bertz CT molecular complexity index is 426. The Balaban J connectivity index is 1.86. The zero-order valence-corrected chi connectivity index (χ0v) is 10.6.